The lowest BCUT2D eigenvalue weighted by Crippen LogP contribution is -2.32. The van der Waals surface area contributed by atoms with Crippen LogP contribution in [0.1, 0.15) is 37.5 Å². The van der Waals surface area contributed by atoms with Crippen LogP contribution in [0, 0.1) is 0 Å². The van der Waals surface area contributed by atoms with E-state index in [0.717, 1.165) is 17.7 Å². The number of nitrogens with one attached hydrogen (secondary N) is 2. The van der Waals surface area contributed by atoms with Crippen LogP contribution in [0.4, 0.5) is 5.69 Å². The molecule has 0 saturated carbocycles. The summed E-state index contributed by atoms with van der Waals surface area (Å²) in [6.07, 6.45) is 4.06. The minimum atomic E-state index is -0.340. The van der Waals surface area contributed by atoms with Crippen LogP contribution < -0.4 is 10.6 Å². The Hall–Kier alpha value is -2.89. The van der Waals surface area contributed by atoms with E-state index < -0.39 is 0 Å². The van der Waals surface area contributed by atoms with Crippen LogP contribution in [-0.4, -0.2) is 11.0 Å². The summed E-state index contributed by atoms with van der Waals surface area (Å²) >= 11 is 11.1. The Bertz CT molecular complexity index is 1040. The molecule has 0 radical (unpaired) electrons. The first kappa shape index (κ1) is 21.8. The number of hydrogen-bond acceptors (Lipinski definition) is 3. The Morgan fingerprint density at radius 2 is 1.80 bits per heavy atom. The molecule has 0 aliphatic carbocycles. The minimum absolute atomic E-state index is 0.238. The van der Waals surface area contributed by atoms with Crippen molar-refractivity contribution in [2.75, 3.05) is 5.32 Å². The Morgan fingerprint density at radius 1 is 1.10 bits per heavy atom. The third kappa shape index (κ3) is 6.05. The maximum Gasteiger partial charge on any atom is 0.250 e. The van der Waals surface area contributed by atoms with E-state index in [1.54, 1.807) is 24.3 Å². The van der Waals surface area contributed by atoms with E-state index in [-0.39, 0.29) is 11.0 Å². The average Bonchev–Trinajstić information content (AvgIpc) is 3.22. The average molecular weight is 439 g/mol. The summed E-state index contributed by atoms with van der Waals surface area (Å²) < 4.78 is 5.74. The number of halogens is 1. The van der Waals surface area contributed by atoms with Gasteiger partial charge in [0.15, 0.2) is 5.11 Å². The number of rotatable bonds is 6. The van der Waals surface area contributed by atoms with Crippen LogP contribution >= 0.6 is 23.8 Å². The van der Waals surface area contributed by atoms with Gasteiger partial charge in [-0.25, -0.2) is 0 Å². The number of carbonyl (C=O) groups is 1. The molecular formula is C24H23ClN2O2S. The van der Waals surface area contributed by atoms with Crippen molar-refractivity contribution in [2.24, 2.45) is 0 Å². The quantitative estimate of drug-likeness (QED) is 0.334. The highest BCUT2D eigenvalue weighted by Crippen LogP contribution is 2.24. The van der Waals surface area contributed by atoms with Gasteiger partial charge in [0.25, 0.3) is 0 Å². The second-order valence-corrected chi connectivity index (χ2v) is 7.76. The molecule has 1 atom stereocenters. The summed E-state index contributed by atoms with van der Waals surface area (Å²) in [6.45, 7) is 4.35. The SMILES string of the molecule is CCC(C)c1ccc(NC(=S)NC(=O)C=Cc2ccc(-c3ccc(Cl)cc3)o2)cc1. The van der Waals surface area contributed by atoms with E-state index >= 15 is 0 Å². The van der Waals surface area contributed by atoms with E-state index in [2.05, 4.69) is 36.6 Å². The van der Waals surface area contributed by atoms with Gasteiger partial charge in [-0.15, -0.1) is 0 Å². The van der Waals surface area contributed by atoms with Gasteiger partial charge in [0, 0.05) is 22.3 Å². The van der Waals surface area contributed by atoms with Gasteiger partial charge in [0.2, 0.25) is 5.91 Å². The maximum absolute atomic E-state index is 12.1. The van der Waals surface area contributed by atoms with E-state index in [0.29, 0.717) is 22.5 Å². The van der Waals surface area contributed by atoms with E-state index in [1.807, 2.05) is 30.3 Å². The van der Waals surface area contributed by atoms with Gasteiger partial charge in [-0.2, -0.15) is 0 Å². The predicted octanol–water partition coefficient (Wildman–Crippen LogP) is 6.64. The van der Waals surface area contributed by atoms with Crippen molar-refractivity contribution in [1.29, 1.82) is 0 Å². The van der Waals surface area contributed by atoms with Crippen molar-refractivity contribution >= 4 is 46.6 Å². The second kappa shape index (κ2) is 10.2. The smallest absolute Gasteiger partial charge is 0.250 e. The molecule has 0 bridgehead atoms. The molecule has 0 fully saturated rings. The molecule has 1 aromatic heterocycles. The van der Waals surface area contributed by atoms with Gasteiger partial charge in [0.05, 0.1) is 0 Å². The predicted molar refractivity (Wildman–Crippen MR) is 128 cm³/mol. The molecule has 30 heavy (non-hydrogen) atoms. The summed E-state index contributed by atoms with van der Waals surface area (Å²) in [5, 5.41) is 6.55. The normalized spacial score (nSPS) is 12.0. The van der Waals surface area contributed by atoms with Crippen LogP contribution in [0.5, 0.6) is 0 Å². The highest BCUT2D eigenvalue weighted by atomic mass is 35.5. The third-order valence-electron chi connectivity index (χ3n) is 4.74. The van der Waals surface area contributed by atoms with E-state index in [9.17, 15) is 4.79 Å². The van der Waals surface area contributed by atoms with Crippen molar-refractivity contribution in [2.45, 2.75) is 26.2 Å². The van der Waals surface area contributed by atoms with Crippen molar-refractivity contribution in [3.05, 3.63) is 83.1 Å². The number of hydrogen-bond donors (Lipinski definition) is 2. The van der Waals surface area contributed by atoms with Crippen molar-refractivity contribution in [1.82, 2.24) is 5.32 Å². The molecule has 4 nitrogen and oxygen atoms in total. The Balaban J connectivity index is 1.53. The van der Waals surface area contributed by atoms with Gasteiger partial charge >= 0.3 is 0 Å². The molecule has 154 valence electrons. The molecule has 0 saturated heterocycles. The largest absolute Gasteiger partial charge is 0.457 e. The number of carbonyl (C=O) groups excluding carboxylic acids is 1. The molecule has 2 N–H and O–H groups in total. The Kier molecular flexibility index (Phi) is 7.44. The van der Waals surface area contributed by atoms with Crippen LogP contribution in [0.3, 0.4) is 0 Å². The van der Waals surface area contributed by atoms with Crippen molar-refractivity contribution < 1.29 is 9.21 Å². The highest BCUT2D eigenvalue weighted by Gasteiger charge is 2.06. The van der Waals surface area contributed by atoms with E-state index in [4.69, 9.17) is 28.2 Å². The molecule has 2 aromatic carbocycles. The number of benzene rings is 2. The molecular weight excluding hydrogens is 416 g/mol. The van der Waals surface area contributed by atoms with Crippen LogP contribution in [0.15, 0.2) is 71.2 Å². The topological polar surface area (TPSA) is 54.3 Å². The van der Waals surface area contributed by atoms with Gasteiger partial charge < -0.3 is 9.73 Å². The zero-order chi connectivity index (χ0) is 21.5. The van der Waals surface area contributed by atoms with Gasteiger partial charge in [-0.05, 0) is 84.7 Å². The van der Waals surface area contributed by atoms with E-state index in [1.165, 1.54) is 11.6 Å². The molecule has 0 spiro atoms. The van der Waals surface area contributed by atoms with Crippen LogP contribution in [-0.2, 0) is 4.79 Å². The lowest BCUT2D eigenvalue weighted by Gasteiger charge is -2.11. The number of anilines is 1. The summed E-state index contributed by atoms with van der Waals surface area (Å²) in [5.74, 6) is 1.44. The Labute approximate surface area is 186 Å². The van der Waals surface area contributed by atoms with Crippen LogP contribution in [0.2, 0.25) is 5.02 Å². The van der Waals surface area contributed by atoms with Crippen molar-refractivity contribution in [3.63, 3.8) is 0 Å². The van der Waals surface area contributed by atoms with Crippen molar-refractivity contribution in [3.8, 4) is 11.3 Å². The maximum atomic E-state index is 12.1. The number of amides is 1. The molecule has 1 unspecified atom stereocenters. The molecule has 0 aliphatic heterocycles. The molecule has 0 aliphatic rings. The first-order valence-electron chi connectivity index (χ1n) is 9.70. The fourth-order valence-electron chi connectivity index (χ4n) is 2.82. The summed E-state index contributed by atoms with van der Waals surface area (Å²) in [5.41, 5.74) is 3.01. The second-order valence-electron chi connectivity index (χ2n) is 6.92. The molecule has 1 heterocycles. The summed E-state index contributed by atoms with van der Waals surface area (Å²) in [7, 11) is 0. The standard InChI is InChI=1S/C24H23ClN2O2S/c1-3-16(2)17-6-10-20(11-7-17)26-24(30)27-23(28)15-13-21-12-14-22(29-21)18-4-8-19(25)9-5-18/h4-16H,3H2,1-2H3,(H2,26,27,28,30). The number of furan rings is 1. The molecule has 3 rings (SSSR count). The lowest BCUT2D eigenvalue weighted by molar-refractivity contribution is -0.115. The molecule has 1 amide bonds. The van der Waals surface area contributed by atoms with Gasteiger partial charge in [-0.1, -0.05) is 37.6 Å². The Morgan fingerprint density at radius 3 is 2.47 bits per heavy atom. The van der Waals surface area contributed by atoms with Gasteiger partial charge in [-0.3, -0.25) is 10.1 Å². The first-order valence-corrected chi connectivity index (χ1v) is 10.5. The fourth-order valence-corrected chi connectivity index (χ4v) is 3.16. The molecule has 3 aromatic rings. The lowest BCUT2D eigenvalue weighted by atomic mass is 9.99. The zero-order valence-electron chi connectivity index (χ0n) is 16.8. The third-order valence-corrected chi connectivity index (χ3v) is 5.20. The fraction of sp³-hybridized carbons (Fsp3) is 0.167. The molecule has 6 heteroatoms. The minimum Gasteiger partial charge on any atom is -0.457 e. The zero-order valence-corrected chi connectivity index (χ0v) is 18.4. The number of thiocarbonyl (C=S) groups is 1. The van der Waals surface area contributed by atoms with Gasteiger partial charge in [0.1, 0.15) is 11.5 Å². The summed E-state index contributed by atoms with van der Waals surface area (Å²) in [6, 6.07) is 19.0. The summed E-state index contributed by atoms with van der Waals surface area (Å²) in [4.78, 5) is 12.1. The highest BCUT2D eigenvalue weighted by molar-refractivity contribution is 7.80. The van der Waals surface area contributed by atoms with Crippen LogP contribution in [0.25, 0.3) is 17.4 Å². The first-order chi connectivity index (χ1) is 14.4. The monoisotopic (exact) mass is 438 g/mol.